The molecule has 0 aliphatic carbocycles. The number of carbonyl (C=O) groups excluding carboxylic acids is 1. The molecule has 1 fully saturated rings. The van der Waals surface area contributed by atoms with Crippen LogP contribution in [-0.2, 0) is 4.74 Å². The molecular weight excluding hydrogens is 294 g/mol. The average molecular weight is 311 g/mol. The molecule has 0 bridgehead atoms. The largest absolute Gasteiger partial charge is 0.426 e. The van der Waals surface area contributed by atoms with Crippen molar-refractivity contribution in [1.29, 1.82) is 0 Å². The monoisotopic (exact) mass is 311 g/mol. The molecule has 1 heterocycles. The van der Waals surface area contributed by atoms with E-state index in [1.165, 1.54) is 11.9 Å². The molecule has 2 aromatic rings. The Morgan fingerprint density at radius 2 is 1.59 bits per heavy atom. The van der Waals surface area contributed by atoms with E-state index in [9.17, 15) is 4.79 Å². The Morgan fingerprint density at radius 1 is 1.00 bits per heavy atom. The predicted octanol–water partition coefficient (Wildman–Crippen LogP) is 5.18. The zero-order valence-corrected chi connectivity index (χ0v) is 13.3. The average Bonchev–Trinajstić information content (AvgIpc) is 2.86. The molecule has 0 N–H and O–H groups in total. The maximum absolute atomic E-state index is 12.3. The van der Waals surface area contributed by atoms with Crippen molar-refractivity contribution in [3.8, 4) is 0 Å². The van der Waals surface area contributed by atoms with Gasteiger partial charge in [-0.2, -0.15) is 0 Å². The Kier molecular flexibility index (Phi) is 4.20. The first-order valence-corrected chi connectivity index (χ1v) is 7.90. The summed E-state index contributed by atoms with van der Waals surface area (Å²) in [4.78, 5) is 13.3. The van der Waals surface area contributed by atoms with Gasteiger partial charge < -0.3 is 4.74 Å². The third-order valence-electron chi connectivity index (χ3n) is 3.42. The predicted molar refractivity (Wildman–Crippen MR) is 88.2 cm³/mol. The van der Waals surface area contributed by atoms with Gasteiger partial charge in [0, 0.05) is 4.90 Å². The number of rotatable bonds is 3. The molecule has 1 saturated heterocycles. The lowest BCUT2D eigenvalue weighted by Crippen LogP contribution is -2.19. The Labute approximate surface area is 134 Å². The van der Waals surface area contributed by atoms with Crippen LogP contribution in [0.1, 0.15) is 25.5 Å². The van der Waals surface area contributed by atoms with Gasteiger partial charge in [0.25, 0.3) is 0 Å². The second-order valence-corrected chi connectivity index (χ2v) is 6.32. The second kappa shape index (κ2) is 6.28. The summed E-state index contributed by atoms with van der Waals surface area (Å²) in [6.07, 6.45) is -0.320. The number of hydrogen-bond acceptors (Lipinski definition) is 3. The Bertz CT molecular complexity index is 694. The SMILES string of the molecule is CC(C)=C1OC(=O)N(Sc2ccccc2)C1c1ccccc1. The van der Waals surface area contributed by atoms with Gasteiger partial charge in [-0.25, -0.2) is 9.10 Å². The minimum Gasteiger partial charge on any atom is -0.411 e. The van der Waals surface area contributed by atoms with Gasteiger partial charge in [0.1, 0.15) is 11.8 Å². The fourth-order valence-electron chi connectivity index (χ4n) is 2.39. The standard InChI is InChI=1S/C18H17NO2S/c1-13(2)17-16(14-9-5-3-6-10-14)19(18(20)21-17)22-15-11-7-4-8-12-15/h3-12,16H,1-2H3. The number of allylic oxidation sites excluding steroid dienone is 1. The molecule has 1 unspecified atom stereocenters. The first-order valence-electron chi connectivity index (χ1n) is 7.13. The van der Waals surface area contributed by atoms with Crippen molar-refractivity contribution < 1.29 is 9.53 Å². The molecule has 0 saturated carbocycles. The molecule has 1 atom stereocenters. The van der Waals surface area contributed by atoms with Gasteiger partial charge in [0.2, 0.25) is 0 Å². The summed E-state index contributed by atoms with van der Waals surface area (Å²) in [7, 11) is 0. The topological polar surface area (TPSA) is 29.5 Å². The van der Waals surface area contributed by atoms with E-state index >= 15 is 0 Å². The molecule has 2 aromatic carbocycles. The van der Waals surface area contributed by atoms with Gasteiger partial charge in [-0.1, -0.05) is 48.5 Å². The van der Waals surface area contributed by atoms with Crippen molar-refractivity contribution in [3.05, 3.63) is 77.6 Å². The summed E-state index contributed by atoms with van der Waals surface area (Å²) in [5.74, 6) is 0.722. The van der Waals surface area contributed by atoms with Crippen LogP contribution in [0.15, 0.2) is 76.9 Å². The van der Waals surface area contributed by atoms with Gasteiger partial charge in [-0.05, 0) is 49.1 Å². The van der Waals surface area contributed by atoms with E-state index in [0.717, 1.165) is 21.8 Å². The van der Waals surface area contributed by atoms with Crippen LogP contribution in [0.5, 0.6) is 0 Å². The highest BCUT2D eigenvalue weighted by Crippen LogP contribution is 2.44. The number of carbonyl (C=O) groups is 1. The van der Waals surface area contributed by atoms with Crippen LogP contribution in [0, 0.1) is 0 Å². The third-order valence-corrected chi connectivity index (χ3v) is 4.45. The summed E-state index contributed by atoms with van der Waals surface area (Å²) in [5.41, 5.74) is 2.06. The molecule has 1 amide bonds. The summed E-state index contributed by atoms with van der Waals surface area (Å²) in [6, 6.07) is 19.6. The van der Waals surface area contributed by atoms with Crippen molar-refractivity contribution in [3.63, 3.8) is 0 Å². The van der Waals surface area contributed by atoms with E-state index in [0.29, 0.717) is 0 Å². The highest BCUT2D eigenvalue weighted by Gasteiger charge is 2.40. The van der Waals surface area contributed by atoms with Gasteiger partial charge in [-0.15, -0.1) is 0 Å². The van der Waals surface area contributed by atoms with Crippen LogP contribution in [0.3, 0.4) is 0 Å². The van der Waals surface area contributed by atoms with E-state index in [1.54, 1.807) is 4.31 Å². The number of hydrogen-bond donors (Lipinski definition) is 0. The molecule has 0 aromatic heterocycles. The molecule has 1 aliphatic heterocycles. The van der Waals surface area contributed by atoms with E-state index in [1.807, 2.05) is 74.5 Å². The first-order chi connectivity index (χ1) is 10.7. The van der Waals surface area contributed by atoms with Gasteiger partial charge in [0.05, 0.1) is 0 Å². The van der Waals surface area contributed by atoms with Gasteiger partial charge >= 0.3 is 6.09 Å². The lowest BCUT2D eigenvalue weighted by atomic mass is 10.0. The van der Waals surface area contributed by atoms with E-state index < -0.39 is 0 Å². The molecule has 112 valence electrons. The highest BCUT2D eigenvalue weighted by molar-refractivity contribution is 7.97. The normalized spacial score (nSPS) is 17.5. The lowest BCUT2D eigenvalue weighted by molar-refractivity contribution is 0.184. The quantitative estimate of drug-likeness (QED) is 0.731. The Morgan fingerprint density at radius 3 is 2.18 bits per heavy atom. The summed E-state index contributed by atoms with van der Waals surface area (Å²) < 4.78 is 7.22. The molecule has 22 heavy (non-hydrogen) atoms. The Balaban J connectivity index is 1.99. The van der Waals surface area contributed by atoms with E-state index in [4.69, 9.17) is 4.74 Å². The van der Waals surface area contributed by atoms with Crippen LogP contribution in [-0.4, -0.2) is 10.4 Å². The maximum atomic E-state index is 12.3. The van der Waals surface area contributed by atoms with Crippen LogP contribution in [0.2, 0.25) is 0 Å². The molecule has 3 nitrogen and oxygen atoms in total. The van der Waals surface area contributed by atoms with Crippen LogP contribution in [0.25, 0.3) is 0 Å². The number of amides is 1. The van der Waals surface area contributed by atoms with Crippen LogP contribution < -0.4 is 0 Å². The van der Waals surface area contributed by atoms with E-state index in [2.05, 4.69) is 0 Å². The minimum atomic E-state index is -0.320. The zero-order chi connectivity index (χ0) is 15.5. The fraction of sp³-hybridized carbons (Fsp3) is 0.167. The second-order valence-electron chi connectivity index (χ2n) is 5.28. The van der Waals surface area contributed by atoms with E-state index in [-0.39, 0.29) is 12.1 Å². The number of nitrogens with zero attached hydrogens (tertiary/aromatic N) is 1. The fourth-order valence-corrected chi connectivity index (χ4v) is 3.33. The van der Waals surface area contributed by atoms with Gasteiger partial charge in [0.15, 0.2) is 0 Å². The maximum Gasteiger partial charge on any atom is 0.426 e. The van der Waals surface area contributed by atoms with Crippen molar-refractivity contribution >= 4 is 18.0 Å². The van der Waals surface area contributed by atoms with Crippen molar-refractivity contribution in [1.82, 2.24) is 4.31 Å². The smallest absolute Gasteiger partial charge is 0.411 e. The summed E-state index contributed by atoms with van der Waals surface area (Å²) in [5, 5.41) is 0. The van der Waals surface area contributed by atoms with Crippen molar-refractivity contribution in [2.75, 3.05) is 0 Å². The molecule has 1 aliphatic rings. The van der Waals surface area contributed by atoms with Gasteiger partial charge in [-0.3, -0.25) is 0 Å². The molecule has 0 spiro atoms. The zero-order valence-electron chi connectivity index (χ0n) is 12.5. The van der Waals surface area contributed by atoms with Crippen molar-refractivity contribution in [2.45, 2.75) is 24.8 Å². The first kappa shape index (κ1) is 14.7. The molecule has 3 rings (SSSR count). The number of cyclic esters (lactones) is 1. The molecular formula is C18H17NO2S. The molecule has 4 heteroatoms. The van der Waals surface area contributed by atoms with Crippen molar-refractivity contribution in [2.24, 2.45) is 0 Å². The summed E-state index contributed by atoms with van der Waals surface area (Å²) >= 11 is 1.41. The lowest BCUT2D eigenvalue weighted by Gasteiger charge is -2.21. The molecule has 0 radical (unpaired) electrons. The van der Waals surface area contributed by atoms with Crippen LogP contribution >= 0.6 is 11.9 Å². The summed E-state index contributed by atoms with van der Waals surface area (Å²) in [6.45, 7) is 3.93. The third kappa shape index (κ3) is 2.88. The van der Waals surface area contributed by atoms with Crippen LogP contribution in [0.4, 0.5) is 4.79 Å². The number of ether oxygens (including phenoxy) is 1. The minimum absolute atomic E-state index is 0.191. The number of benzene rings is 2. The highest BCUT2D eigenvalue weighted by atomic mass is 32.2. The Hall–Kier alpha value is -2.20.